The topological polar surface area (TPSA) is 77.2 Å². The largest absolute Gasteiger partial charge is 0.491 e. The van der Waals surface area contributed by atoms with Crippen LogP contribution in [0.15, 0.2) is 54.7 Å². The van der Waals surface area contributed by atoms with Crippen molar-refractivity contribution in [2.75, 3.05) is 20.2 Å². The number of aromatic nitrogens is 3. The number of hydrogen-bond acceptors (Lipinski definition) is 4. The van der Waals surface area contributed by atoms with Crippen LogP contribution < -0.4 is 4.74 Å². The lowest BCUT2D eigenvalue weighted by atomic mass is 10.1. The minimum atomic E-state index is 0.171. The van der Waals surface area contributed by atoms with Gasteiger partial charge in [-0.1, -0.05) is 24.3 Å². The predicted molar refractivity (Wildman–Crippen MR) is 140 cm³/mol. The Balaban J connectivity index is 1.08. The molecule has 0 radical (unpaired) electrons. The van der Waals surface area contributed by atoms with Crippen molar-refractivity contribution < 1.29 is 9.53 Å². The number of aromatic amines is 2. The van der Waals surface area contributed by atoms with Crippen LogP contribution in [-0.2, 0) is 30.8 Å². The molecule has 4 aromatic rings. The monoisotopic (exact) mass is 483 g/mol. The number of ether oxygens (including phenoxy) is 1. The van der Waals surface area contributed by atoms with Gasteiger partial charge in [-0.2, -0.15) is 5.10 Å². The molecule has 1 saturated carbocycles. The predicted octanol–water partition coefficient (Wildman–Crippen LogP) is 4.75. The summed E-state index contributed by atoms with van der Waals surface area (Å²) in [7, 11) is 2.13. The lowest BCUT2D eigenvalue weighted by molar-refractivity contribution is -0.131. The van der Waals surface area contributed by atoms with E-state index in [1.54, 1.807) is 0 Å². The molecule has 1 amide bonds. The van der Waals surface area contributed by atoms with E-state index >= 15 is 0 Å². The van der Waals surface area contributed by atoms with Crippen molar-refractivity contribution in [1.82, 2.24) is 25.0 Å². The molecule has 2 aromatic carbocycles. The smallest absolute Gasteiger partial charge is 0.223 e. The van der Waals surface area contributed by atoms with Gasteiger partial charge in [0, 0.05) is 60.3 Å². The maximum atomic E-state index is 13.2. The number of aryl methyl sites for hydroxylation is 1. The number of hydrogen-bond donors (Lipinski definition) is 2. The van der Waals surface area contributed by atoms with Crippen LogP contribution in [0.3, 0.4) is 0 Å². The van der Waals surface area contributed by atoms with Crippen molar-refractivity contribution in [3.63, 3.8) is 0 Å². The van der Waals surface area contributed by atoms with Crippen molar-refractivity contribution in [3.05, 3.63) is 82.8 Å². The van der Waals surface area contributed by atoms with E-state index < -0.39 is 0 Å². The van der Waals surface area contributed by atoms with E-state index in [1.807, 2.05) is 23.2 Å². The van der Waals surface area contributed by atoms with Gasteiger partial charge in [0.05, 0.1) is 12.2 Å². The molecular formula is C29H33N5O2. The number of nitrogens with zero attached hydrogens (tertiary/aromatic N) is 3. The van der Waals surface area contributed by atoms with E-state index in [1.165, 1.54) is 35.0 Å². The van der Waals surface area contributed by atoms with E-state index in [4.69, 9.17) is 4.74 Å². The standard InChI is InChI=1S/C29H33N5O2/c1-33(19-24-15-27(32-31-24)21-7-8-21)17-20-6-10-28-23(14-20)18-34(12-13-36-28)29(35)11-9-22-16-30-26-5-3-2-4-25(22)26/h2-6,10,14-16,21,30H,7-9,11-13,17-19H2,1H3,(H,31,32). The third kappa shape index (κ3) is 5.02. The maximum Gasteiger partial charge on any atom is 0.223 e. The molecule has 2 N–H and O–H groups in total. The van der Waals surface area contributed by atoms with E-state index in [2.05, 4.69) is 63.5 Å². The second kappa shape index (κ2) is 9.82. The van der Waals surface area contributed by atoms with Crippen LogP contribution >= 0.6 is 0 Å². The molecule has 36 heavy (non-hydrogen) atoms. The average molecular weight is 484 g/mol. The molecule has 2 aromatic heterocycles. The van der Waals surface area contributed by atoms with Gasteiger partial charge in [0.1, 0.15) is 12.4 Å². The van der Waals surface area contributed by atoms with Crippen molar-refractivity contribution in [2.45, 2.75) is 51.2 Å². The Kier molecular flexibility index (Phi) is 6.23. The summed E-state index contributed by atoms with van der Waals surface area (Å²) in [5, 5.41) is 8.86. The third-order valence-electron chi connectivity index (χ3n) is 7.28. The van der Waals surface area contributed by atoms with Gasteiger partial charge in [0.25, 0.3) is 0 Å². The highest BCUT2D eigenvalue weighted by molar-refractivity contribution is 5.84. The zero-order chi connectivity index (χ0) is 24.5. The lowest BCUT2D eigenvalue weighted by Gasteiger charge is -2.20. The van der Waals surface area contributed by atoms with Gasteiger partial charge >= 0.3 is 0 Å². The summed E-state index contributed by atoms with van der Waals surface area (Å²) in [5.74, 6) is 1.72. The number of carbonyl (C=O) groups is 1. The fourth-order valence-corrected chi connectivity index (χ4v) is 5.20. The number of fused-ring (bicyclic) bond motifs is 2. The number of benzene rings is 2. The van der Waals surface area contributed by atoms with Gasteiger partial charge in [-0.05, 0) is 61.7 Å². The van der Waals surface area contributed by atoms with Crippen molar-refractivity contribution in [2.24, 2.45) is 0 Å². The Bertz CT molecular complexity index is 1370. The molecule has 186 valence electrons. The summed E-state index contributed by atoms with van der Waals surface area (Å²) in [6, 6.07) is 16.8. The molecule has 6 rings (SSSR count). The molecule has 0 spiro atoms. The molecule has 1 aliphatic carbocycles. The third-order valence-corrected chi connectivity index (χ3v) is 7.28. The highest BCUT2D eigenvalue weighted by Gasteiger charge is 2.26. The summed E-state index contributed by atoms with van der Waals surface area (Å²) in [6.45, 7) is 3.37. The molecule has 7 nitrogen and oxygen atoms in total. The van der Waals surface area contributed by atoms with Gasteiger partial charge in [0.2, 0.25) is 5.91 Å². The SMILES string of the molecule is CN(Cc1ccc2c(c1)CN(C(=O)CCc1c[nH]c3ccccc13)CCO2)Cc1cc(C2CC2)n[nH]1. The molecule has 3 heterocycles. The molecule has 0 unspecified atom stereocenters. The Morgan fingerprint density at radius 2 is 2.06 bits per heavy atom. The Labute approximate surface area is 211 Å². The van der Waals surface area contributed by atoms with Crippen LogP contribution in [0, 0.1) is 0 Å². The first-order chi connectivity index (χ1) is 17.6. The number of nitrogens with one attached hydrogen (secondary N) is 2. The van der Waals surface area contributed by atoms with Crippen LogP contribution in [0.4, 0.5) is 0 Å². The minimum Gasteiger partial charge on any atom is -0.491 e. The average Bonchev–Trinajstić information content (AvgIpc) is 3.55. The Morgan fingerprint density at radius 1 is 1.17 bits per heavy atom. The number of carbonyl (C=O) groups excluding carboxylic acids is 1. The summed E-state index contributed by atoms with van der Waals surface area (Å²) >= 11 is 0. The first kappa shape index (κ1) is 22.9. The number of amides is 1. The second-order valence-electron chi connectivity index (χ2n) is 10.2. The van der Waals surface area contributed by atoms with E-state index in [0.717, 1.165) is 42.0 Å². The molecule has 0 saturated heterocycles. The number of rotatable bonds is 8. The zero-order valence-electron chi connectivity index (χ0n) is 20.8. The van der Waals surface area contributed by atoms with E-state index in [0.29, 0.717) is 32.0 Å². The first-order valence-electron chi connectivity index (χ1n) is 12.9. The van der Waals surface area contributed by atoms with Gasteiger partial charge in [-0.25, -0.2) is 0 Å². The maximum absolute atomic E-state index is 13.2. The highest BCUT2D eigenvalue weighted by atomic mass is 16.5. The van der Waals surface area contributed by atoms with Gasteiger partial charge in [0.15, 0.2) is 0 Å². The van der Waals surface area contributed by atoms with E-state index in [-0.39, 0.29) is 5.91 Å². The second-order valence-corrected chi connectivity index (χ2v) is 10.2. The molecule has 0 atom stereocenters. The first-order valence-corrected chi connectivity index (χ1v) is 12.9. The van der Waals surface area contributed by atoms with Crippen LogP contribution in [0.25, 0.3) is 10.9 Å². The van der Waals surface area contributed by atoms with Gasteiger partial charge < -0.3 is 14.6 Å². The number of H-pyrrole nitrogens is 2. The molecule has 0 bridgehead atoms. The minimum absolute atomic E-state index is 0.171. The van der Waals surface area contributed by atoms with Gasteiger partial charge in [-0.15, -0.1) is 0 Å². The lowest BCUT2D eigenvalue weighted by Crippen LogP contribution is -2.32. The van der Waals surface area contributed by atoms with Crippen molar-refractivity contribution >= 4 is 16.8 Å². The fourth-order valence-electron chi connectivity index (χ4n) is 5.20. The summed E-state index contributed by atoms with van der Waals surface area (Å²) in [6.07, 6.45) is 5.78. The van der Waals surface area contributed by atoms with Crippen LogP contribution in [0.5, 0.6) is 5.75 Å². The zero-order valence-corrected chi connectivity index (χ0v) is 20.8. The van der Waals surface area contributed by atoms with Crippen molar-refractivity contribution in [1.29, 1.82) is 0 Å². The highest BCUT2D eigenvalue weighted by Crippen LogP contribution is 2.39. The van der Waals surface area contributed by atoms with E-state index in [9.17, 15) is 4.79 Å². The Morgan fingerprint density at radius 3 is 2.94 bits per heavy atom. The van der Waals surface area contributed by atoms with Crippen LogP contribution in [0.1, 0.15) is 53.3 Å². The summed E-state index contributed by atoms with van der Waals surface area (Å²) in [5.41, 5.74) is 6.97. The normalized spacial score (nSPS) is 15.7. The molecular weight excluding hydrogens is 450 g/mol. The summed E-state index contributed by atoms with van der Waals surface area (Å²) in [4.78, 5) is 20.7. The molecule has 1 aliphatic heterocycles. The van der Waals surface area contributed by atoms with Crippen molar-refractivity contribution in [3.8, 4) is 5.75 Å². The summed E-state index contributed by atoms with van der Waals surface area (Å²) < 4.78 is 6.00. The number of para-hydroxylation sites is 1. The van der Waals surface area contributed by atoms with Crippen LogP contribution in [0.2, 0.25) is 0 Å². The quantitative estimate of drug-likeness (QED) is 0.379. The van der Waals surface area contributed by atoms with Crippen LogP contribution in [-0.4, -0.2) is 51.1 Å². The van der Waals surface area contributed by atoms with Gasteiger partial charge in [-0.3, -0.25) is 14.8 Å². The molecule has 2 aliphatic rings. The molecule has 1 fully saturated rings. The Hall–Kier alpha value is -3.58. The molecule has 7 heteroatoms. The fraction of sp³-hybridized carbons (Fsp3) is 0.379.